The highest BCUT2D eigenvalue weighted by atomic mass is 19.1. The van der Waals surface area contributed by atoms with E-state index in [0.717, 1.165) is 0 Å². The fraction of sp³-hybridized carbons (Fsp3) is 0.429. The van der Waals surface area contributed by atoms with E-state index in [9.17, 15) is 14.0 Å². The largest absolute Gasteiger partial charge is 0.480 e. The highest BCUT2D eigenvalue weighted by molar-refractivity contribution is 5.80. The van der Waals surface area contributed by atoms with E-state index in [-0.39, 0.29) is 24.9 Å². The summed E-state index contributed by atoms with van der Waals surface area (Å²) in [6, 6.07) is 5.24. The maximum atomic E-state index is 13.0. The minimum Gasteiger partial charge on any atom is -0.480 e. The second-order valence-electron chi connectivity index (χ2n) is 4.57. The van der Waals surface area contributed by atoms with E-state index in [1.165, 1.54) is 17.0 Å². The first kappa shape index (κ1) is 15.9. The van der Waals surface area contributed by atoms with Crippen molar-refractivity contribution in [3.05, 3.63) is 35.6 Å². The molecule has 5 nitrogen and oxygen atoms in total. The van der Waals surface area contributed by atoms with Crippen LogP contribution >= 0.6 is 0 Å². The first-order valence-corrected chi connectivity index (χ1v) is 6.44. The Bertz CT molecular complexity index is 479. The van der Waals surface area contributed by atoms with Crippen molar-refractivity contribution in [3.8, 4) is 0 Å². The number of aliphatic carboxylic acids is 1. The predicted octanol–water partition coefficient (Wildman–Crippen LogP) is 2.22. The number of carbonyl (C=O) groups excluding carboxylic acids is 1. The molecule has 1 rings (SSSR count). The number of amides is 2. The highest BCUT2D eigenvalue weighted by Gasteiger charge is 2.21. The van der Waals surface area contributed by atoms with Crippen LogP contribution in [0.2, 0.25) is 0 Å². The van der Waals surface area contributed by atoms with Gasteiger partial charge in [-0.05, 0) is 31.0 Å². The summed E-state index contributed by atoms with van der Waals surface area (Å²) in [4.78, 5) is 24.0. The lowest BCUT2D eigenvalue weighted by Gasteiger charge is -2.27. The van der Waals surface area contributed by atoms with E-state index in [1.54, 1.807) is 19.1 Å². The molecule has 20 heavy (non-hydrogen) atoms. The molecule has 0 aromatic heterocycles. The lowest BCUT2D eigenvalue weighted by atomic mass is 10.2. The average Bonchev–Trinajstić information content (AvgIpc) is 2.41. The summed E-state index contributed by atoms with van der Waals surface area (Å²) in [6.45, 7) is 3.46. The van der Waals surface area contributed by atoms with Crippen LogP contribution in [0.4, 0.5) is 9.18 Å². The Labute approximate surface area is 117 Å². The van der Waals surface area contributed by atoms with Gasteiger partial charge in [0.2, 0.25) is 0 Å². The zero-order chi connectivity index (χ0) is 15.1. The number of rotatable bonds is 6. The van der Waals surface area contributed by atoms with E-state index in [0.29, 0.717) is 12.0 Å². The molecule has 0 radical (unpaired) electrons. The predicted molar refractivity (Wildman–Crippen MR) is 72.7 cm³/mol. The number of carbonyl (C=O) groups is 2. The maximum Gasteiger partial charge on any atom is 0.323 e. The van der Waals surface area contributed by atoms with Crippen LogP contribution in [0.25, 0.3) is 0 Å². The molecule has 0 aliphatic heterocycles. The molecule has 1 atom stereocenters. The molecule has 0 heterocycles. The monoisotopic (exact) mass is 282 g/mol. The van der Waals surface area contributed by atoms with Crippen LogP contribution in [0, 0.1) is 5.82 Å². The molecule has 1 aromatic carbocycles. The van der Waals surface area contributed by atoms with Gasteiger partial charge in [0.15, 0.2) is 0 Å². The fourth-order valence-corrected chi connectivity index (χ4v) is 1.72. The van der Waals surface area contributed by atoms with E-state index in [1.807, 2.05) is 6.92 Å². The molecule has 1 aromatic rings. The van der Waals surface area contributed by atoms with Crippen molar-refractivity contribution in [2.75, 3.05) is 6.54 Å². The number of halogens is 1. The number of nitrogens with zero attached hydrogens (tertiary/aromatic N) is 1. The lowest BCUT2D eigenvalue weighted by molar-refractivity contribution is -0.138. The first-order valence-electron chi connectivity index (χ1n) is 6.44. The van der Waals surface area contributed by atoms with Crippen LogP contribution in [0.15, 0.2) is 24.3 Å². The molecule has 2 N–H and O–H groups in total. The Morgan fingerprint density at radius 2 is 2.15 bits per heavy atom. The lowest BCUT2D eigenvalue weighted by Crippen LogP contribution is -2.47. The van der Waals surface area contributed by atoms with Crippen LogP contribution in [0.5, 0.6) is 0 Å². The normalized spacial score (nSPS) is 11.8. The first-order chi connectivity index (χ1) is 9.43. The molecular formula is C14H19FN2O3. The Kier molecular flexibility index (Phi) is 5.96. The summed E-state index contributed by atoms with van der Waals surface area (Å²) in [5, 5.41) is 11.4. The van der Waals surface area contributed by atoms with Crippen LogP contribution in [-0.4, -0.2) is 34.6 Å². The van der Waals surface area contributed by atoms with E-state index in [4.69, 9.17) is 5.11 Å². The number of nitrogens with one attached hydrogen (secondary N) is 1. The number of benzene rings is 1. The summed E-state index contributed by atoms with van der Waals surface area (Å²) in [6.07, 6.45) is 0.653. The number of carboxylic acids is 1. The van der Waals surface area contributed by atoms with Gasteiger partial charge in [-0.3, -0.25) is 4.79 Å². The minimum atomic E-state index is -1.06. The van der Waals surface area contributed by atoms with Crippen molar-refractivity contribution in [1.29, 1.82) is 0 Å². The van der Waals surface area contributed by atoms with Crippen LogP contribution in [-0.2, 0) is 11.3 Å². The number of carboxylic acid groups (broad SMARTS) is 1. The van der Waals surface area contributed by atoms with E-state index in [2.05, 4.69) is 5.32 Å². The SMILES string of the molecule is CCC(C)N(CC(=O)O)C(=O)NCc1cccc(F)c1. The molecule has 110 valence electrons. The van der Waals surface area contributed by atoms with Gasteiger partial charge >= 0.3 is 12.0 Å². The molecule has 6 heteroatoms. The quantitative estimate of drug-likeness (QED) is 0.840. The third-order valence-electron chi connectivity index (χ3n) is 3.02. The smallest absolute Gasteiger partial charge is 0.323 e. The molecule has 0 bridgehead atoms. The molecule has 1 unspecified atom stereocenters. The Morgan fingerprint density at radius 1 is 1.45 bits per heavy atom. The van der Waals surface area contributed by atoms with Crippen molar-refractivity contribution in [1.82, 2.24) is 10.2 Å². The Morgan fingerprint density at radius 3 is 2.70 bits per heavy atom. The van der Waals surface area contributed by atoms with Gasteiger partial charge in [-0.15, -0.1) is 0 Å². The average molecular weight is 282 g/mol. The van der Waals surface area contributed by atoms with Gasteiger partial charge in [-0.1, -0.05) is 19.1 Å². The van der Waals surface area contributed by atoms with Gasteiger partial charge in [-0.2, -0.15) is 0 Å². The van der Waals surface area contributed by atoms with Crippen molar-refractivity contribution in [2.24, 2.45) is 0 Å². The summed E-state index contributed by atoms with van der Waals surface area (Å²) in [5.41, 5.74) is 0.623. The molecule has 0 aliphatic carbocycles. The van der Waals surface area contributed by atoms with Crippen molar-refractivity contribution >= 4 is 12.0 Å². The number of hydrogen-bond donors (Lipinski definition) is 2. The standard InChI is InChI=1S/C14H19FN2O3/c1-3-10(2)17(9-13(18)19)14(20)16-8-11-5-4-6-12(15)7-11/h4-7,10H,3,8-9H2,1-2H3,(H,16,20)(H,18,19). The number of urea groups is 1. The summed E-state index contributed by atoms with van der Waals surface area (Å²) >= 11 is 0. The molecular weight excluding hydrogens is 263 g/mol. The topological polar surface area (TPSA) is 69.6 Å². The van der Waals surface area contributed by atoms with Crippen molar-refractivity contribution in [2.45, 2.75) is 32.9 Å². The van der Waals surface area contributed by atoms with Gasteiger partial charge in [0.1, 0.15) is 12.4 Å². The zero-order valence-electron chi connectivity index (χ0n) is 11.6. The van der Waals surface area contributed by atoms with E-state index < -0.39 is 12.0 Å². The second kappa shape index (κ2) is 7.47. The van der Waals surface area contributed by atoms with Gasteiger partial charge < -0.3 is 15.3 Å². The molecule has 0 fully saturated rings. The van der Waals surface area contributed by atoms with E-state index >= 15 is 0 Å². The number of hydrogen-bond acceptors (Lipinski definition) is 2. The third-order valence-corrected chi connectivity index (χ3v) is 3.02. The van der Waals surface area contributed by atoms with Crippen LogP contribution in [0.1, 0.15) is 25.8 Å². The third kappa shape index (κ3) is 4.87. The van der Waals surface area contributed by atoms with Gasteiger partial charge in [-0.25, -0.2) is 9.18 Å². The van der Waals surface area contributed by atoms with Crippen molar-refractivity contribution in [3.63, 3.8) is 0 Å². The summed E-state index contributed by atoms with van der Waals surface area (Å²) < 4.78 is 13.0. The Hall–Kier alpha value is -2.11. The van der Waals surface area contributed by atoms with Crippen LogP contribution in [0.3, 0.4) is 0 Å². The molecule has 0 spiro atoms. The summed E-state index contributed by atoms with van der Waals surface area (Å²) in [5.74, 6) is -1.44. The minimum absolute atomic E-state index is 0.156. The Balaban J connectivity index is 2.64. The van der Waals surface area contributed by atoms with Crippen LogP contribution < -0.4 is 5.32 Å². The highest BCUT2D eigenvalue weighted by Crippen LogP contribution is 2.06. The van der Waals surface area contributed by atoms with Gasteiger partial charge in [0.05, 0.1) is 0 Å². The molecule has 2 amide bonds. The fourth-order valence-electron chi connectivity index (χ4n) is 1.72. The molecule has 0 saturated carbocycles. The van der Waals surface area contributed by atoms with Gasteiger partial charge in [0, 0.05) is 12.6 Å². The van der Waals surface area contributed by atoms with Gasteiger partial charge in [0.25, 0.3) is 0 Å². The summed E-state index contributed by atoms with van der Waals surface area (Å²) in [7, 11) is 0. The molecule has 0 saturated heterocycles. The molecule has 0 aliphatic rings. The second-order valence-corrected chi connectivity index (χ2v) is 4.57. The maximum absolute atomic E-state index is 13.0. The van der Waals surface area contributed by atoms with Crippen molar-refractivity contribution < 1.29 is 19.1 Å². The zero-order valence-corrected chi connectivity index (χ0v) is 11.6.